The molecule has 1 aliphatic heterocycles. The molecule has 1 aliphatic rings. The van der Waals surface area contributed by atoms with Crippen LogP contribution in [0.3, 0.4) is 0 Å². The van der Waals surface area contributed by atoms with Gasteiger partial charge in [0.2, 0.25) is 5.91 Å². The summed E-state index contributed by atoms with van der Waals surface area (Å²) in [4.78, 5) is 29.4. The van der Waals surface area contributed by atoms with E-state index in [1.54, 1.807) is 29.5 Å². The zero-order chi connectivity index (χ0) is 23.8. The van der Waals surface area contributed by atoms with Crippen LogP contribution in [0.5, 0.6) is 0 Å². The second-order valence-electron chi connectivity index (χ2n) is 8.58. The van der Waals surface area contributed by atoms with Gasteiger partial charge in [0.15, 0.2) is 0 Å². The molecule has 178 valence electrons. The number of ether oxygens (including phenoxy) is 1. The molecule has 34 heavy (non-hydrogen) atoms. The summed E-state index contributed by atoms with van der Waals surface area (Å²) >= 11 is 1.68. The van der Waals surface area contributed by atoms with Crippen LogP contribution < -0.4 is 10.6 Å². The van der Waals surface area contributed by atoms with Crippen LogP contribution in [0.4, 0.5) is 5.69 Å². The maximum absolute atomic E-state index is 13.0. The van der Waals surface area contributed by atoms with E-state index < -0.39 is 0 Å². The molecule has 4 rings (SSSR count). The molecule has 0 saturated carbocycles. The van der Waals surface area contributed by atoms with Crippen molar-refractivity contribution in [3.05, 3.63) is 88.1 Å². The van der Waals surface area contributed by atoms with Gasteiger partial charge >= 0.3 is 0 Å². The minimum atomic E-state index is -0.220. The monoisotopic (exact) mass is 477 g/mol. The van der Waals surface area contributed by atoms with E-state index in [0.717, 1.165) is 25.0 Å². The molecule has 0 bridgehead atoms. The van der Waals surface area contributed by atoms with Crippen molar-refractivity contribution in [1.29, 1.82) is 0 Å². The molecule has 1 fully saturated rings. The molecule has 2 aromatic carbocycles. The van der Waals surface area contributed by atoms with Crippen LogP contribution in [0.2, 0.25) is 0 Å². The number of hydrogen-bond donors (Lipinski definition) is 2. The largest absolute Gasteiger partial charge is 0.377 e. The molecule has 1 saturated heterocycles. The first-order valence-electron chi connectivity index (χ1n) is 11.7. The first-order valence-corrected chi connectivity index (χ1v) is 12.6. The molecular weight excluding hydrogens is 446 g/mol. The Morgan fingerprint density at radius 3 is 2.62 bits per heavy atom. The van der Waals surface area contributed by atoms with E-state index in [1.165, 1.54) is 4.88 Å². The lowest BCUT2D eigenvalue weighted by Crippen LogP contribution is -2.38. The quantitative estimate of drug-likeness (QED) is 0.438. The van der Waals surface area contributed by atoms with E-state index in [1.807, 2.05) is 54.8 Å². The third-order valence-electron chi connectivity index (χ3n) is 5.91. The molecule has 7 heteroatoms. The van der Waals surface area contributed by atoms with Gasteiger partial charge in [-0.25, -0.2) is 0 Å². The topological polar surface area (TPSA) is 70.7 Å². The van der Waals surface area contributed by atoms with Crippen molar-refractivity contribution < 1.29 is 14.3 Å². The van der Waals surface area contributed by atoms with Crippen molar-refractivity contribution in [3.8, 4) is 0 Å². The number of hydrogen-bond acceptors (Lipinski definition) is 5. The number of anilines is 1. The smallest absolute Gasteiger partial charge is 0.253 e. The molecule has 2 atom stereocenters. The Kier molecular flexibility index (Phi) is 8.46. The second-order valence-corrected chi connectivity index (χ2v) is 9.62. The third-order valence-corrected chi connectivity index (χ3v) is 6.77. The fourth-order valence-corrected chi connectivity index (χ4v) is 4.91. The number of benzene rings is 2. The number of nitrogens with zero attached hydrogens (tertiary/aromatic N) is 1. The molecule has 2 amide bonds. The predicted molar refractivity (Wildman–Crippen MR) is 136 cm³/mol. The van der Waals surface area contributed by atoms with Gasteiger partial charge < -0.3 is 15.4 Å². The minimum Gasteiger partial charge on any atom is -0.377 e. The number of nitrogens with one attached hydrogen (secondary N) is 2. The van der Waals surface area contributed by atoms with Gasteiger partial charge in [-0.2, -0.15) is 0 Å². The van der Waals surface area contributed by atoms with Crippen molar-refractivity contribution in [2.75, 3.05) is 25.0 Å². The first kappa shape index (κ1) is 24.1. The van der Waals surface area contributed by atoms with Crippen molar-refractivity contribution in [2.45, 2.75) is 38.5 Å². The Balaban J connectivity index is 1.40. The lowest BCUT2D eigenvalue weighted by molar-refractivity contribution is -0.117. The predicted octanol–water partition coefficient (Wildman–Crippen LogP) is 4.86. The number of para-hydroxylation sites is 1. The molecule has 2 unspecified atom stereocenters. The summed E-state index contributed by atoms with van der Waals surface area (Å²) in [6, 6.07) is 20.9. The summed E-state index contributed by atoms with van der Waals surface area (Å²) in [5.41, 5.74) is 1.98. The Hall–Kier alpha value is -3.00. The van der Waals surface area contributed by atoms with Crippen LogP contribution in [-0.4, -0.2) is 42.5 Å². The summed E-state index contributed by atoms with van der Waals surface area (Å²) in [6.07, 6.45) is 2.24. The Labute approximate surface area is 204 Å². The lowest BCUT2D eigenvalue weighted by Gasteiger charge is -2.24. The summed E-state index contributed by atoms with van der Waals surface area (Å²) in [6.45, 7) is 4.37. The standard InChI is InChI=1S/C27H31N3O3S/c1-20(21-9-3-2-4-10-21)28-27(32)24-13-5-6-14-25(24)29-26(31)19-30(17-22-11-7-15-33-22)18-23-12-8-16-34-23/h2-6,8-10,12-14,16,20,22H,7,11,15,17-19H2,1H3,(H,28,32)(H,29,31). The van der Waals surface area contributed by atoms with Gasteiger partial charge in [0.1, 0.15) is 0 Å². The summed E-state index contributed by atoms with van der Waals surface area (Å²) < 4.78 is 5.80. The molecule has 0 aliphatic carbocycles. The number of amides is 2. The van der Waals surface area contributed by atoms with Gasteiger partial charge in [-0.1, -0.05) is 48.5 Å². The Morgan fingerprint density at radius 2 is 1.88 bits per heavy atom. The van der Waals surface area contributed by atoms with Crippen LogP contribution >= 0.6 is 11.3 Å². The molecule has 3 aromatic rings. The van der Waals surface area contributed by atoms with Crippen LogP contribution in [0.1, 0.15) is 46.6 Å². The molecule has 1 aromatic heterocycles. The second kappa shape index (κ2) is 11.9. The van der Waals surface area contributed by atoms with Crippen molar-refractivity contribution in [3.63, 3.8) is 0 Å². The third kappa shape index (κ3) is 6.76. The average molecular weight is 478 g/mol. The molecule has 0 spiro atoms. The van der Waals surface area contributed by atoms with E-state index in [2.05, 4.69) is 21.6 Å². The van der Waals surface area contributed by atoms with Crippen LogP contribution in [0.25, 0.3) is 0 Å². The SMILES string of the molecule is CC(NC(=O)c1ccccc1NC(=O)CN(Cc1cccs1)CC1CCCO1)c1ccccc1. The average Bonchev–Trinajstić information content (AvgIpc) is 3.54. The number of carbonyl (C=O) groups excluding carboxylic acids is 2. The first-order chi connectivity index (χ1) is 16.6. The van der Waals surface area contributed by atoms with E-state index in [9.17, 15) is 9.59 Å². The highest BCUT2D eigenvalue weighted by atomic mass is 32.1. The van der Waals surface area contributed by atoms with Crippen molar-refractivity contribution >= 4 is 28.8 Å². The van der Waals surface area contributed by atoms with Gasteiger partial charge in [0.25, 0.3) is 5.91 Å². The molecule has 2 heterocycles. The number of carbonyl (C=O) groups is 2. The van der Waals surface area contributed by atoms with Crippen molar-refractivity contribution in [2.24, 2.45) is 0 Å². The van der Waals surface area contributed by atoms with Crippen LogP contribution in [-0.2, 0) is 16.1 Å². The molecule has 6 nitrogen and oxygen atoms in total. The number of rotatable bonds is 10. The lowest BCUT2D eigenvalue weighted by atomic mass is 10.1. The molecular formula is C27H31N3O3S. The summed E-state index contributed by atoms with van der Waals surface area (Å²) in [5.74, 6) is -0.368. The van der Waals surface area contributed by atoms with Gasteiger partial charge in [-0.15, -0.1) is 11.3 Å². The highest BCUT2D eigenvalue weighted by Gasteiger charge is 2.22. The fourth-order valence-electron chi connectivity index (χ4n) is 4.17. The number of thiophene rings is 1. The maximum Gasteiger partial charge on any atom is 0.253 e. The highest BCUT2D eigenvalue weighted by molar-refractivity contribution is 7.09. The van der Waals surface area contributed by atoms with E-state index in [0.29, 0.717) is 24.3 Å². The van der Waals surface area contributed by atoms with E-state index in [4.69, 9.17) is 4.74 Å². The van der Waals surface area contributed by atoms with Crippen molar-refractivity contribution in [1.82, 2.24) is 10.2 Å². The fraction of sp³-hybridized carbons (Fsp3) is 0.333. The summed E-state index contributed by atoms with van der Waals surface area (Å²) in [7, 11) is 0. The van der Waals surface area contributed by atoms with Gasteiger partial charge in [-0.05, 0) is 48.9 Å². The Morgan fingerprint density at radius 1 is 1.09 bits per heavy atom. The van der Waals surface area contributed by atoms with Crippen LogP contribution in [0, 0.1) is 0 Å². The van der Waals surface area contributed by atoms with Gasteiger partial charge in [-0.3, -0.25) is 14.5 Å². The van der Waals surface area contributed by atoms with Gasteiger partial charge in [0, 0.05) is 24.6 Å². The summed E-state index contributed by atoms with van der Waals surface area (Å²) in [5, 5.41) is 8.04. The normalized spacial score (nSPS) is 16.4. The highest BCUT2D eigenvalue weighted by Crippen LogP contribution is 2.20. The van der Waals surface area contributed by atoms with Gasteiger partial charge in [0.05, 0.1) is 29.9 Å². The Bertz CT molecular complexity index is 1070. The maximum atomic E-state index is 13.0. The zero-order valence-corrected chi connectivity index (χ0v) is 20.2. The molecule has 0 radical (unpaired) electrons. The zero-order valence-electron chi connectivity index (χ0n) is 19.4. The molecule has 2 N–H and O–H groups in total. The minimum absolute atomic E-state index is 0.147. The van der Waals surface area contributed by atoms with Crippen LogP contribution in [0.15, 0.2) is 72.1 Å². The van der Waals surface area contributed by atoms with E-state index >= 15 is 0 Å². The van der Waals surface area contributed by atoms with E-state index in [-0.39, 0.29) is 30.5 Å².